The molecule has 0 radical (unpaired) electrons. The summed E-state index contributed by atoms with van der Waals surface area (Å²) < 4.78 is 2.45. The molecule has 0 N–H and O–H groups in total. The number of halogens is 2. The number of aryl methyl sites for hydroxylation is 2. The zero-order chi connectivity index (χ0) is 29.5. The number of thiophene rings is 2. The monoisotopic (exact) mass is 724 g/mol. The summed E-state index contributed by atoms with van der Waals surface area (Å²) in [4.78, 5) is 16.2. The highest BCUT2D eigenvalue weighted by atomic mass is 79.9. The van der Waals surface area contributed by atoms with Crippen molar-refractivity contribution in [1.29, 1.82) is 0 Å². The van der Waals surface area contributed by atoms with E-state index in [1.54, 1.807) is 22.7 Å². The fraction of sp³-hybridized carbons (Fsp3) is 0.432. The Kier molecular flexibility index (Phi) is 11.7. The summed E-state index contributed by atoms with van der Waals surface area (Å²) in [6.07, 6.45) is 18.0. The van der Waals surface area contributed by atoms with E-state index in [2.05, 4.69) is 94.2 Å². The summed E-state index contributed by atoms with van der Waals surface area (Å²) in [5.74, 6) is 0.148. The molecular weight excluding hydrogens is 684 g/mol. The Labute approximate surface area is 277 Å². The van der Waals surface area contributed by atoms with Gasteiger partial charge in [-0.1, -0.05) is 102 Å². The summed E-state index contributed by atoms with van der Waals surface area (Å²) >= 11 is 11.2. The quantitative estimate of drug-likeness (QED) is 0.0926. The first-order valence-corrected chi connectivity index (χ1v) is 19.1. The lowest BCUT2D eigenvalue weighted by Gasteiger charge is -2.04. The van der Waals surface area contributed by atoms with Gasteiger partial charge in [0.05, 0.1) is 7.57 Å². The molecule has 0 saturated heterocycles. The van der Waals surface area contributed by atoms with Crippen LogP contribution in [0.1, 0.15) is 118 Å². The third-order valence-electron chi connectivity index (χ3n) is 8.50. The standard InChI is InChI=1S/C37H42Br2OS2/c1-3-5-7-9-11-13-15-27-23-33(41-36(27)38)25-17-19-29-30-20-18-26(22-32(30)35(40)31(29)21-25)34-24-28(37(39)42-34)16-14-12-10-8-6-4-2/h17-24H,3-16H2,1-2H3. The molecule has 1 aliphatic rings. The molecule has 42 heavy (non-hydrogen) atoms. The SMILES string of the molecule is CCCCCCCCc1cc(-c2ccc3c(c2)C(=O)c2cc(-c4cc(CCCCCCCC)c(Br)s4)ccc2-3)sc1Br. The van der Waals surface area contributed by atoms with Gasteiger partial charge in [0.15, 0.2) is 5.78 Å². The average molecular weight is 727 g/mol. The van der Waals surface area contributed by atoms with E-state index in [1.165, 1.54) is 106 Å². The first-order chi connectivity index (χ1) is 20.5. The molecule has 5 heteroatoms. The molecule has 0 saturated carbocycles. The Bertz CT molecular complexity index is 1400. The van der Waals surface area contributed by atoms with E-state index in [-0.39, 0.29) is 5.78 Å². The molecule has 0 bridgehead atoms. The molecular formula is C37H42Br2OS2. The van der Waals surface area contributed by atoms with E-state index in [0.717, 1.165) is 46.2 Å². The Morgan fingerprint density at radius 1 is 0.524 bits per heavy atom. The van der Waals surface area contributed by atoms with Crippen molar-refractivity contribution in [2.75, 3.05) is 0 Å². The molecule has 1 nitrogen and oxygen atoms in total. The van der Waals surface area contributed by atoms with Crippen molar-refractivity contribution in [3.63, 3.8) is 0 Å². The predicted octanol–water partition coefficient (Wildman–Crippen LogP) is 13.7. The maximum absolute atomic E-state index is 13.7. The van der Waals surface area contributed by atoms with Crippen molar-refractivity contribution in [1.82, 2.24) is 0 Å². The summed E-state index contributed by atoms with van der Waals surface area (Å²) in [7, 11) is 0. The van der Waals surface area contributed by atoms with E-state index in [1.807, 2.05) is 0 Å². The fourth-order valence-electron chi connectivity index (χ4n) is 6.02. The number of unbranched alkanes of at least 4 members (excludes halogenated alkanes) is 10. The van der Waals surface area contributed by atoms with Gasteiger partial charge >= 0.3 is 0 Å². The van der Waals surface area contributed by atoms with E-state index in [9.17, 15) is 4.79 Å². The van der Waals surface area contributed by atoms with E-state index < -0.39 is 0 Å². The molecule has 0 atom stereocenters. The number of rotatable bonds is 16. The second-order valence-corrected chi connectivity index (χ2v) is 16.4. The van der Waals surface area contributed by atoms with E-state index in [4.69, 9.17) is 0 Å². The van der Waals surface area contributed by atoms with E-state index >= 15 is 0 Å². The zero-order valence-corrected chi connectivity index (χ0v) is 29.8. The summed E-state index contributed by atoms with van der Waals surface area (Å²) in [6.45, 7) is 4.53. The molecule has 0 amide bonds. The van der Waals surface area contributed by atoms with Crippen LogP contribution in [0.25, 0.3) is 32.0 Å². The number of benzene rings is 2. The van der Waals surface area contributed by atoms with Gasteiger partial charge in [0.2, 0.25) is 0 Å². The van der Waals surface area contributed by atoms with Gasteiger partial charge < -0.3 is 0 Å². The molecule has 222 valence electrons. The molecule has 2 aromatic carbocycles. The Balaban J connectivity index is 1.26. The normalized spacial score (nSPS) is 12.2. The maximum atomic E-state index is 13.7. The minimum absolute atomic E-state index is 0.148. The molecule has 5 rings (SSSR count). The van der Waals surface area contributed by atoms with Gasteiger partial charge in [0, 0.05) is 20.9 Å². The van der Waals surface area contributed by atoms with Crippen LogP contribution in [0.3, 0.4) is 0 Å². The number of hydrogen-bond acceptors (Lipinski definition) is 3. The van der Waals surface area contributed by atoms with Crippen molar-refractivity contribution >= 4 is 60.3 Å². The van der Waals surface area contributed by atoms with Crippen LogP contribution in [0.15, 0.2) is 56.1 Å². The maximum Gasteiger partial charge on any atom is 0.194 e. The van der Waals surface area contributed by atoms with Crippen LogP contribution in [0.4, 0.5) is 0 Å². The molecule has 0 fully saturated rings. The molecule has 0 spiro atoms. The van der Waals surface area contributed by atoms with Gasteiger partial charge in [0.25, 0.3) is 0 Å². The lowest BCUT2D eigenvalue weighted by atomic mass is 10.0. The Morgan fingerprint density at radius 3 is 1.36 bits per heavy atom. The second kappa shape index (κ2) is 15.5. The molecule has 2 heterocycles. The highest BCUT2D eigenvalue weighted by Gasteiger charge is 2.28. The van der Waals surface area contributed by atoms with Crippen molar-refractivity contribution in [2.24, 2.45) is 0 Å². The van der Waals surface area contributed by atoms with Crippen LogP contribution >= 0.6 is 54.5 Å². The number of hydrogen-bond donors (Lipinski definition) is 0. The fourth-order valence-corrected chi connectivity index (χ4v) is 9.55. The van der Waals surface area contributed by atoms with Crippen LogP contribution in [0.5, 0.6) is 0 Å². The number of fused-ring (bicyclic) bond motifs is 3. The van der Waals surface area contributed by atoms with Crippen molar-refractivity contribution < 1.29 is 4.79 Å². The zero-order valence-electron chi connectivity index (χ0n) is 25.0. The topological polar surface area (TPSA) is 17.1 Å². The first kappa shape index (κ1) is 31.9. The van der Waals surface area contributed by atoms with Gasteiger partial charge in [0.1, 0.15) is 0 Å². The highest BCUT2D eigenvalue weighted by Crippen LogP contribution is 2.44. The molecule has 0 unspecified atom stereocenters. The third kappa shape index (κ3) is 7.57. The van der Waals surface area contributed by atoms with Crippen molar-refractivity contribution in [2.45, 2.75) is 104 Å². The predicted molar refractivity (Wildman–Crippen MR) is 191 cm³/mol. The lowest BCUT2D eigenvalue weighted by molar-refractivity contribution is 0.104. The van der Waals surface area contributed by atoms with E-state index in [0.29, 0.717) is 0 Å². The number of carbonyl (C=O) groups is 1. The third-order valence-corrected chi connectivity index (χ3v) is 12.5. The minimum atomic E-state index is 0.148. The minimum Gasteiger partial charge on any atom is -0.289 e. The molecule has 4 aromatic rings. The molecule has 2 aromatic heterocycles. The second-order valence-electron chi connectivity index (χ2n) is 11.7. The van der Waals surface area contributed by atoms with Gasteiger partial charge in [-0.2, -0.15) is 0 Å². The van der Waals surface area contributed by atoms with Crippen molar-refractivity contribution in [3.05, 3.63) is 78.4 Å². The first-order valence-electron chi connectivity index (χ1n) is 15.9. The van der Waals surface area contributed by atoms with Gasteiger partial charge in [-0.25, -0.2) is 0 Å². The van der Waals surface area contributed by atoms with Crippen LogP contribution in [0, 0.1) is 0 Å². The molecule has 0 aliphatic heterocycles. The van der Waals surface area contributed by atoms with Gasteiger partial charge in [-0.3, -0.25) is 4.79 Å². The van der Waals surface area contributed by atoms with Crippen LogP contribution in [0.2, 0.25) is 0 Å². The van der Waals surface area contributed by atoms with Crippen LogP contribution in [-0.4, -0.2) is 5.78 Å². The van der Waals surface area contributed by atoms with Gasteiger partial charge in [-0.05, 0) is 115 Å². The largest absolute Gasteiger partial charge is 0.289 e. The van der Waals surface area contributed by atoms with Gasteiger partial charge in [-0.15, -0.1) is 22.7 Å². The van der Waals surface area contributed by atoms with Crippen molar-refractivity contribution in [3.8, 4) is 32.0 Å². The average Bonchev–Trinajstić information content (AvgIpc) is 3.65. The summed E-state index contributed by atoms with van der Waals surface area (Å²) in [5.41, 5.74) is 8.84. The summed E-state index contributed by atoms with van der Waals surface area (Å²) in [5, 5.41) is 0. The Morgan fingerprint density at radius 2 is 0.929 bits per heavy atom. The number of carbonyl (C=O) groups excluding carboxylic acids is 1. The van der Waals surface area contributed by atoms with Crippen LogP contribution in [-0.2, 0) is 12.8 Å². The Hall–Kier alpha value is -1.53. The van der Waals surface area contributed by atoms with Crippen LogP contribution < -0.4 is 0 Å². The summed E-state index contributed by atoms with van der Waals surface area (Å²) in [6, 6.07) is 17.6. The molecule has 1 aliphatic carbocycles. The number of ketones is 1. The lowest BCUT2D eigenvalue weighted by Crippen LogP contribution is -1.95. The smallest absolute Gasteiger partial charge is 0.194 e. The highest BCUT2D eigenvalue weighted by molar-refractivity contribution is 9.11.